The van der Waals surface area contributed by atoms with E-state index in [1.165, 1.54) is 4.57 Å². The van der Waals surface area contributed by atoms with Crippen LogP contribution in [0.3, 0.4) is 0 Å². The summed E-state index contributed by atoms with van der Waals surface area (Å²) in [6.45, 7) is 3.43. The first-order chi connectivity index (χ1) is 18.4. The van der Waals surface area contributed by atoms with E-state index in [1.807, 2.05) is 19.2 Å². The molecule has 1 N–H and O–H groups in total. The van der Waals surface area contributed by atoms with Gasteiger partial charge in [0, 0.05) is 30.9 Å². The number of benzene rings is 1. The lowest BCUT2D eigenvalue weighted by molar-refractivity contribution is -0.140. The SMILES string of the molecule is CN1CC(CCc2ccc3c(c2)cc(C#CCNc2ccc(C(C)(C)C#N)nc2)n3CC(F)(F)F)CCC1=O. The molecule has 3 aromatic rings. The second kappa shape index (κ2) is 11.4. The number of likely N-dealkylation sites (tertiary alicyclic amines) is 1. The number of nitrogens with zero attached hydrogens (tertiary/aromatic N) is 4. The number of piperidine rings is 1. The highest BCUT2D eigenvalue weighted by Gasteiger charge is 2.30. The molecule has 0 spiro atoms. The first kappa shape index (κ1) is 28.0. The molecule has 1 aromatic carbocycles. The average Bonchev–Trinajstić information content (AvgIpc) is 3.22. The van der Waals surface area contributed by atoms with Crippen LogP contribution in [0, 0.1) is 29.1 Å². The summed E-state index contributed by atoms with van der Waals surface area (Å²) in [5.41, 5.74) is 2.52. The fourth-order valence-electron chi connectivity index (χ4n) is 4.84. The molecule has 1 fully saturated rings. The van der Waals surface area contributed by atoms with E-state index in [4.69, 9.17) is 0 Å². The van der Waals surface area contributed by atoms with Gasteiger partial charge < -0.3 is 14.8 Å². The average molecular weight is 536 g/mol. The summed E-state index contributed by atoms with van der Waals surface area (Å²) in [5, 5.41) is 13.1. The highest BCUT2D eigenvalue weighted by molar-refractivity contribution is 5.83. The van der Waals surface area contributed by atoms with Gasteiger partial charge in [-0.2, -0.15) is 18.4 Å². The van der Waals surface area contributed by atoms with Gasteiger partial charge in [-0.3, -0.25) is 9.78 Å². The van der Waals surface area contributed by atoms with Gasteiger partial charge in [0.25, 0.3) is 0 Å². The van der Waals surface area contributed by atoms with E-state index in [0.29, 0.717) is 34.9 Å². The molecule has 9 heteroatoms. The quantitative estimate of drug-likeness (QED) is 0.396. The molecule has 0 bridgehead atoms. The summed E-state index contributed by atoms with van der Waals surface area (Å²) in [6, 6.07) is 13.1. The number of fused-ring (bicyclic) bond motifs is 1. The van der Waals surface area contributed by atoms with E-state index in [9.17, 15) is 23.2 Å². The van der Waals surface area contributed by atoms with Crippen LogP contribution in [0.2, 0.25) is 0 Å². The molecule has 1 unspecified atom stereocenters. The molecule has 0 aliphatic carbocycles. The van der Waals surface area contributed by atoms with Gasteiger partial charge in [-0.05, 0) is 80.8 Å². The molecule has 1 atom stereocenters. The Morgan fingerprint density at radius 1 is 1.18 bits per heavy atom. The molecule has 1 aliphatic heterocycles. The smallest absolute Gasteiger partial charge is 0.373 e. The predicted molar refractivity (Wildman–Crippen MR) is 145 cm³/mol. The van der Waals surface area contributed by atoms with E-state index in [-0.39, 0.29) is 12.5 Å². The normalized spacial score (nSPS) is 16.1. The summed E-state index contributed by atoms with van der Waals surface area (Å²) < 4.78 is 41.4. The van der Waals surface area contributed by atoms with Crippen LogP contribution in [0.5, 0.6) is 0 Å². The molecule has 1 aliphatic rings. The van der Waals surface area contributed by atoms with Crippen molar-refractivity contribution in [2.75, 3.05) is 25.5 Å². The van der Waals surface area contributed by atoms with Crippen molar-refractivity contribution in [3.8, 4) is 17.9 Å². The monoisotopic (exact) mass is 535 g/mol. The molecule has 39 heavy (non-hydrogen) atoms. The van der Waals surface area contributed by atoms with Crippen molar-refractivity contribution >= 4 is 22.5 Å². The number of hydrogen-bond donors (Lipinski definition) is 1. The lowest BCUT2D eigenvalue weighted by atomic mass is 9.91. The zero-order valence-corrected chi connectivity index (χ0v) is 22.4. The molecular weight excluding hydrogens is 503 g/mol. The standard InChI is InChI=1S/C30H32F3N5O/c1-29(2,19-34)27-12-10-24(17-36-27)35-14-4-5-25-16-23-15-21(6-7-22-9-13-28(39)37(3)18-22)8-11-26(23)38(25)20-30(31,32)33/h8,10-12,15-17,22,35H,6-7,9,13-14,18,20H2,1-3H3. The largest absolute Gasteiger partial charge is 0.406 e. The number of anilines is 1. The van der Waals surface area contributed by atoms with Crippen LogP contribution in [-0.2, 0) is 23.2 Å². The van der Waals surface area contributed by atoms with Crippen molar-refractivity contribution in [1.82, 2.24) is 14.5 Å². The number of hydrogen-bond acceptors (Lipinski definition) is 4. The highest BCUT2D eigenvalue weighted by Crippen LogP contribution is 2.28. The molecule has 2 aromatic heterocycles. The zero-order valence-electron chi connectivity index (χ0n) is 22.4. The number of nitriles is 1. The Kier molecular flexibility index (Phi) is 8.20. The Labute approximate surface area is 226 Å². The number of nitrogens with one attached hydrogen (secondary N) is 1. The van der Waals surface area contributed by atoms with Gasteiger partial charge in [0.2, 0.25) is 5.91 Å². The number of carbonyl (C=O) groups excluding carboxylic acids is 1. The second-order valence-electron chi connectivity index (χ2n) is 10.7. The summed E-state index contributed by atoms with van der Waals surface area (Å²) >= 11 is 0. The van der Waals surface area contributed by atoms with Crippen LogP contribution < -0.4 is 5.32 Å². The van der Waals surface area contributed by atoms with E-state index >= 15 is 0 Å². The van der Waals surface area contributed by atoms with Crippen LogP contribution in [0.15, 0.2) is 42.6 Å². The van der Waals surface area contributed by atoms with Crippen molar-refractivity contribution < 1.29 is 18.0 Å². The van der Waals surface area contributed by atoms with Crippen LogP contribution in [-0.4, -0.2) is 46.7 Å². The van der Waals surface area contributed by atoms with Crippen molar-refractivity contribution in [3.63, 3.8) is 0 Å². The first-order valence-corrected chi connectivity index (χ1v) is 13.0. The number of halogens is 3. The summed E-state index contributed by atoms with van der Waals surface area (Å²) in [4.78, 5) is 17.8. The Hall–Kier alpha value is -3.98. The van der Waals surface area contributed by atoms with Gasteiger partial charge in [-0.25, -0.2) is 0 Å². The van der Waals surface area contributed by atoms with Crippen molar-refractivity contribution in [1.29, 1.82) is 5.26 Å². The van der Waals surface area contributed by atoms with Crippen molar-refractivity contribution in [2.45, 2.75) is 57.7 Å². The van der Waals surface area contributed by atoms with Gasteiger partial charge in [0.15, 0.2) is 0 Å². The topological polar surface area (TPSA) is 74.0 Å². The molecule has 6 nitrogen and oxygen atoms in total. The Bertz CT molecular complexity index is 1440. The maximum Gasteiger partial charge on any atom is 0.406 e. The second-order valence-corrected chi connectivity index (χ2v) is 10.7. The molecule has 3 heterocycles. The molecule has 1 amide bonds. The fraction of sp³-hybridized carbons (Fsp3) is 0.433. The Morgan fingerprint density at radius 2 is 1.97 bits per heavy atom. The molecule has 1 saturated heterocycles. The molecular formula is C30H32F3N5O. The lowest BCUT2D eigenvalue weighted by Gasteiger charge is -2.29. The third-order valence-corrected chi connectivity index (χ3v) is 7.15. The van der Waals surface area contributed by atoms with E-state index in [2.05, 4.69) is 28.2 Å². The number of amides is 1. The molecule has 0 saturated carbocycles. The van der Waals surface area contributed by atoms with Crippen LogP contribution in [0.1, 0.15) is 50.1 Å². The minimum Gasteiger partial charge on any atom is -0.373 e. The summed E-state index contributed by atoms with van der Waals surface area (Å²) in [6.07, 6.45) is 0.401. The van der Waals surface area contributed by atoms with E-state index < -0.39 is 18.1 Å². The van der Waals surface area contributed by atoms with Crippen LogP contribution in [0.25, 0.3) is 10.9 Å². The predicted octanol–water partition coefficient (Wildman–Crippen LogP) is 5.66. The highest BCUT2D eigenvalue weighted by atomic mass is 19.4. The molecule has 204 valence electrons. The van der Waals surface area contributed by atoms with Gasteiger partial charge in [0.05, 0.1) is 41.3 Å². The minimum atomic E-state index is -4.38. The first-order valence-electron chi connectivity index (χ1n) is 13.0. The van der Waals surface area contributed by atoms with E-state index in [0.717, 1.165) is 36.8 Å². The van der Waals surface area contributed by atoms with E-state index in [1.54, 1.807) is 49.2 Å². The van der Waals surface area contributed by atoms with Gasteiger partial charge in [0.1, 0.15) is 6.54 Å². The zero-order chi connectivity index (χ0) is 28.2. The third-order valence-electron chi connectivity index (χ3n) is 7.15. The third kappa shape index (κ3) is 7.11. The lowest BCUT2D eigenvalue weighted by Crippen LogP contribution is -2.36. The Balaban J connectivity index is 1.47. The van der Waals surface area contributed by atoms with Crippen LogP contribution in [0.4, 0.5) is 18.9 Å². The number of alkyl halides is 3. The number of pyridine rings is 1. The summed E-state index contributed by atoms with van der Waals surface area (Å²) in [7, 11) is 1.83. The van der Waals surface area contributed by atoms with Gasteiger partial charge in [-0.1, -0.05) is 12.0 Å². The minimum absolute atomic E-state index is 0.178. The van der Waals surface area contributed by atoms with Gasteiger partial charge in [-0.15, -0.1) is 0 Å². The fourth-order valence-corrected chi connectivity index (χ4v) is 4.84. The maximum absolute atomic E-state index is 13.4. The number of aromatic nitrogens is 2. The molecule has 4 rings (SSSR count). The number of aryl methyl sites for hydroxylation is 1. The van der Waals surface area contributed by atoms with Crippen molar-refractivity contribution in [2.24, 2.45) is 5.92 Å². The van der Waals surface area contributed by atoms with Gasteiger partial charge >= 0.3 is 6.18 Å². The van der Waals surface area contributed by atoms with Crippen LogP contribution >= 0.6 is 0 Å². The maximum atomic E-state index is 13.4. The number of rotatable bonds is 7. The molecule has 0 radical (unpaired) electrons. The Morgan fingerprint density at radius 3 is 2.64 bits per heavy atom. The number of carbonyl (C=O) groups is 1. The van der Waals surface area contributed by atoms with Crippen molar-refractivity contribution in [3.05, 3.63) is 59.5 Å². The summed E-state index contributed by atoms with van der Waals surface area (Å²) in [5.74, 6) is 6.43.